The molecule has 0 aliphatic carbocycles. The van der Waals surface area contributed by atoms with Gasteiger partial charge in [0.2, 0.25) is 0 Å². The molecule has 17 heavy (non-hydrogen) atoms. The van der Waals surface area contributed by atoms with E-state index < -0.39 is 0 Å². The van der Waals surface area contributed by atoms with Crippen LogP contribution in [0.1, 0.15) is 6.42 Å². The van der Waals surface area contributed by atoms with E-state index in [1.807, 2.05) is 23.8 Å². The van der Waals surface area contributed by atoms with E-state index in [0.717, 1.165) is 36.9 Å². The number of nitrogens with one attached hydrogen (secondary N) is 2. The predicted molar refractivity (Wildman–Crippen MR) is 67.5 cm³/mol. The van der Waals surface area contributed by atoms with Crippen molar-refractivity contribution in [1.29, 1.82) is 0 Å². The minimum Gasteiger partial charge on any atom is -0.385 e. The number of aromatic nitrogens is 3. The standard InChI is InChI=1S/C11H17N5O/c1-12-9-8-16-6-5-14-11(16)10(15-9)13-4-3-7-17-2/h5-6,8,12H,3-4,7H2,1-2H3,(H,13,15). The highest BCUT2D eigenvalue weighted by molar-refractivity contribution is 5.65. The van der Waals surface area contributed by atoms with Gasteiger partial charge in [-0.05, 0) is 6.42 Å². The molecule has 6 heteroatoms. The van der Waals surface area contributed by atoms with Crippen LogP contribution in [0.25, 0.3) is 5.65 Å². The van der Waals surface area contributed by atoms with Crippen LogP contribution in [0.3, 0.4) is 0 Å². The average molecular weight is 235 g/mol. The summed E-state index contributed by atoms with van der Waals surface area (Å²) in [5, 5.41) is 6.30. The lowest BCUT2D eigenvalue weighted by molar-refractivity contribution is 0.198. The summed E-state index contributed by atoms with van der Waals surface area (Å²) in [6.45, 7) is 1.56. The zero-order chi connectivity index (χ0) is 12.1. The summed E-state index contributed by atoms with van der Waals surface area (Å²) >= 11 is 0. The Kier molecular flexibility index (Phi) is 3.77. The minimum atomic E-state index is 0.740. The van der Waals surface area contributed by atoms with Gasteiger partial charge in [-0.1, -0.05) is 0 Å². The molecular weight excluding hydrogens is 218 g/mol. The summed E-state index contributed by atoms with van der Waals surface area (Å²) in [6.07, 6.45) is 6.51. The van der Waals surface area contributed by atoms with Gasteiger partial charge in [-0.2, -0.15) is 0 Å². The van der Waals surface area contributed by atoms with Gasteiger partial charge in [0.1, 0.15) is 5.82 Å². The monoisotopic (exact) mass is 235 g/mol. The van der Waals surface area contributed by atoms with Crippen molar-refractivity contribution in [3.63, 3.8) is 0 Å². The molecule has 0 saturated heterocycles. The van der Waals surface area contributed by atoms with E-state index in [0.29, 0.717) is 0 Å². The van der Waals surface area contributed by atoms with Crippen LogP contribution in [0, 0.1) is 0 Å². The Morgan fingerprint density at radius 3 is 3.12 bits per heavy atom. The molecular formula is C11H17N5O. The van der Waals surface area contributed by atoms with Gasteiger partial charge in [-0.15, -0.1) is 0 Å². The van der Waals surface area contributed by atoms with Gasteiger partial charge in [-0.3, -0.25) is 0 Å². The molecule has 2 N–H and O–H groups in total. The average Bonchev–Trinajstić information content (AvgIpc) is 2.82. The topological polar surface area (TPSA) is 63.5 Å². The van der Waals surface area contributed by atoms with E-state index in [1.165, 1.54) is 0 Å². The first-order valence-electron chi connectivity index (χ1n) is 5.59. The first-order valence-corrected chi connectivity index (χ1v) is 5.59. The summed E-state index contributed by atoms with van der Waals surface area (Å²) in [6, 6.07) is 0. The smallest absolute Gasteiger partial charge is 0.180 e. The SMILES string of the molecule is CNc1cn2ccnc2c(NCCCOC)n1. The minimum absolute atomic E-state index is 0.740. The first-order chi connectivity index (χ1) is 8.35. The number of hydrogen-bond acceptors (Lipinski definition) is 5. The van der Waals surface area contributed by atoms with E-state index in [4.69, 9.17) is 4.74 Å². The summed E-state index contributed by atoms with van der Waals surface area (Å²) in [4.78, 5) is 8.71. The van der Waals surface area contributed by atoms with Crippen molar-refractivity contribution in [3.8, 4) is 0 Å². The van der Waals surface area contributed by atoms with E-state index in [9.17, 15) is 0 Å². The Morgan fingerprint density at radius 1 is 1.47 bits per heavy atom. The van der Waals surface area contributed by atoms with E-state index >= 15 is 0 Å². The molecule has 0 aromatic carbocycles. The van der Waals surface area contributed by atoms with Gasteiger partial charge in [0.15, 0.2) is 11.5 Å². The maximum Gasteiger partial charge on any atom is 0.180 e. The summed E-state index contributed by atoms with van der Waals surface area (Å²) < 4.78 is 6.95. The van der Waals surface area contributed by atoms with Crippen molar-refractivity contribution in [1.82, 2.24) is 14.4 Å². The quantitative estimate of drug-likeness (QED) is 0.737. The second-order valence-corrected chi connectivity index (χ2v) is 3.66. The molecule has 0 bridgehead atoms. The number of hydrogen-bond donors (Lipinski definition) is 2. The van der Waals surface area contributed by atoms with Crippen molar-refractivity contribution in [2.24, 2.45) is 0 Å². The van der Waals surface area contributed by atoms with Crippen LogP contribution >= 0.6 is 0 Å². The number of nitrogens with zero attached hydrogens (tertiary/aromatic N) is 3. The lowest BCUT2D eigenvalue weighted by Crippen LogP contribution is -2.09. The molecule has 0 amide bonds. The fourth-order valence-electron chi connectivity index (χ4n) is 1.59. The van der Waals surface area contributed by atoms with Crippen LogP contribution in [0.15, 0.2) is 18.6 Å². The van der Waals surface area contributed by atoms with Crippen LogP contribution in [0.5, 0.6) is 0 Å². The Bertz CT molecular complexity index is 482. The third-order valence-corrected chi connectivity index (χ3v) is 2.45. The summed E-state index contributed by atoms with van der Waals surface area (Å²) in [5.41, 5.74) is 0.835. The second-order valence-electron chi connectivity index (χ2n) is 3.66. The van der Waals surface area contributed by atoms with Gasteiger partial charge < -0.3 is 19.8 Å². The summed E-state index contributed by atoms with van der Waals surface area (Å²) in [7, 11) is 3.55. The van der Waals surface area contributed by atoms with Crippen molar-refractivity contribution >= 4 is 17.3 Å². The maximum absolute atomic E-state index is 5.00. The molecule has 0 radical (unpaired) electrons. The van der Waals surface area contributed by atoms with Crippen LogP contribution in [0.4, 0.5) is 11.6 Å². The molecule has 0 atom stereocenters. The van der Waals surface area contributed by atoms with Crippen molar-refractivity contribution in [2.45, 2.75) is 6.42 Å². The highest BCUT2D eigenvalue weighted by atomic mass is 16.5. The first kappa shape index (κ1) is 11.7. The number of fused-ring (bicyclic) bond motifs is 1. The number of anilines is 2. The van der Waals surface area contributed by atoms with Gasteiger partial charge >= 0.3 is 0 Å². The number of ether oxygens (including phenoxy) is 1. The van der Waals surface area contributed by atoms with E-state index in [2.05, 4.69) is 20.6 Å². The van der Waals surface area contributed by atoms with E-state index in [1.54, 1.807) is 13.3 Å². The van der Waals surface area contributed by atoms with Gasteiger partial charge in [0, 0.05) is 39.7 Å². The molecule has 0 saturated carbocycles. The summed E-state index contributed by atoms with van der Waals surface area (Å²) in [5.74, 6) is 1.60. The second kappa shape index (κ2) is 5.49. The number of imidazole rings is 1. The Balaban J connectivity index is 2.16. The third kappa shape index (κ3) is 2.65. The molecule has 0 aliphatic heterocycles. The third-order valence-electron chi connectivity index (χ3n) is 2.45. The lowest BCUT2D eigenvalue weighted by atomic mass is 10.4. The van der Waals surface area contributed by atoms with Crippen LogP contribution in [-0.4, -0.2) is 41.7 Å². The number of rotatable bonds is 6. The van der Waals surface area contributed by atoms with E-state index in [-0.39, 0.29) is 0 Å². The molecule has 2 rings (SSSR count). The highest BCUT2D eigenvalue weighted by Crippen LogP contribution is 2.15. The molecule has 0 aliphatic rings. The molecule has 2 aromatic rings. The van der Waals surface area contributed by atoms with Crippen molar-refractivity contribution < 1.29 is 4.74 Å². The van der Waals surface area contributed by atoms with Crippen LogP contribution in [0.2, 0.25) is 0 Å². The van der Waals surface area contributed by atoms with Gasteiger partial charge in [0.25, 0.3) is 0 Å². The largest absolute Gasteiger partial charge is 0.385 e. The predicted octanol–water partition coefficient (Wildman–Crippen LogP) is 1.22. The highest BCUT2D eigenvalue weighted by Gasteiger charge is 2.05. The van der Waals surface area contributed by atoms with Crippen LogP contribution < -0.4 is 10.6 Å². The van der Waals surface area contributed by atoms with Crippen molar-refractivity contribution in [3.05, 3.63) is 18.6 Å². The molecule has 2 aromatic heterocycles. The lowest BCUT2D eigenvalue weighted by Gasteiger charge is -2.09. The molecule has 0 fully saturated rings. The van der Waals surface area contributed by atoms with Crippen LogP contribution in [-0.2, 0) is 4.74 Å². The fraction of sp³-hybridized carbons (Fsp3) is 0.455. The Hall–Kier alpha value is -1.82. The number of methoxy groups -OCH3 is 1. The molecule has 0 unspecified atom stereocenters. The zero-order valence-corrected chi connectivity index (χ0v) is 10.1. The normalized spacial score (nSPS) is 10.7. The Labute approximate surface area is 100 Å². The van der Waals surface area contributed by atoms with Crippen molar-refractivity contribution in [2.75, 3.05) is 37.9 Å². The molecule has 92 valence electrons. The van der Waals surface area contributed by atoms with Gasteiger partial charge in [0.05, 0.1) is 6.20 Å². The fourth-order valence-corrected chi connectivity index (χ4v) is 1.59. The molecule has 2 heterocycles. The Morgan fingerprint density at radius 2 is 2.35 bits per heavy atom. The molecule has 0 spiro atoms. The maximum atomic E-state index is 5.00. The zero-order valence-electron chi connectivity index (χ0n) is 10.1. The van der Waals surface area contributed by atoms with Gasteiger partial charge in [-0.25, -0.2) is 9.97 Å². The molecule has 6 nitrogen and oxygen atoms in total.